The normalized spacial score (nSPS) is 10.6. The van der Waals surface area contributed by atoms with Crippen molar-refractivity contribution in [1.82, 2.24) is 0 Å². The van der Waals surface area contributed by atoms with E-state index < -0.39 is 0 Å². The van der Waals surface area contributed by atoms with Gasteiger partial charge in [-0.2, -0.15) is 0 Å². The minimum Gasteiger partial charge on any atom is -0.0620 e. The molecule has 0 unspecified atom stereocenters. The zero-order chi connectivity index (χ0) is 13.5. The van der Waals surface area contributed by atoms with E-state index in [0.717, 1.165) is 0 Å². The second-order valence-electron chi connectivity index (χ2n) is 5.47. The standard InChI is InChI=1S/C19H24/c1-16-12-14-18(15-13-16)9-4-3-5-10-19-11-7-6-8-17(19)2/h6-8,11-15H,3-5,9-10H2,1-2H3. The smallest absolute Gasteiger partial charge is 0.0276 e. The molecule has 0 heteroatoms. The van der Waals surface area contributed by atoms with Gasteiger partial charge in [0.05, 0.1) is 0 Å². The highest BCUT2D eigenvalue weighted by molar-refractivity contribution is 5.25. The summed E-state index contributed by atoms with van der Waals surface area (Å²) in [5.74, 6) is 0. The Kier molecular flexibility index (Phi) is 5.20. The number of rotatable bonds is 6. The summed E-state index contributed by atoms with van der Waals surface area (Å²) in [6.07, 6.45) is 6.36. The van der Waals surface area contributed by atoms with Crippen molar-refractivity contribution < 1.29 is 0 Å². The van der Waals surface area contributed by atoms with Crippen molar-refractivity contribution in [3.63, 3.8) is 0 Å². The van der Waals surface area contributed by atoms with Crippen LogP contribution >= 0.6 is 0 Å². The lowest BCUT2D eigenvalue weighted by molar-refractivity contribution is 0.677. The zero-order valence-electron chi connectivity index (χ0n) is 12.2. The molecule has 0 aromatic heterocycles. The summed E-state index contributed by atoms with van der Waals surface area (Å²) in [7, 11) is 0. The highest BCUT2D eigenvalue weighted by atomic mass is 14.0. The van der Waals surface area contributed by atoms with Gasteiger partial charge in [-0.1, -0.05) is 60.5 Å². The third kappa shape index (κ3) is 4.55. The average molecular weight is 252 g/mol. The van der Waals surface area contributed by atoms with Gasteiger partial charge >= 0.3 is 0 Å². The van der Waals surface area contributed by atoms with Crippen molar-refractivity contribution in [3.8, 4) is 0 Å². The van der Waals surface area contributed by atoms with Crippen molar-refractivity contribution in [2.45, 2.75) is 46.0 Å². The maximum absolute atomic E-state index is 2.26. The van der Waals surface area contributed by atoms with E-state index in [1.165, 1.54) is 54.4 Å². The van der Waals surface area contributed by atoms with Gasteiger partial charge in [-0.15, -0.1) is 0 Å². The van der Waals surface area contributed by atoms with Gasteiger partial charge in [-0.05, 0) is 56.2 Å². The Morgan fingerprint density at radius 2 is 1.37 bits per heavy atom. The monoisotopic (exact) mass is 252 g/mol. The molecule has 0 bridgehead atoms. The average Bonchev–Trinajstić information content (AvgIpc) is 2.42. The van der Waals surface area contributed by atoms with E-state index in [2.05, 4.69) is 62.4 Å². The van der Waals surface area contributed by atoms with Gasteiger partial charge in [-0.3, -0.25) is 0 Å². The maximum atomic E-state index is 2.26. The molecule has 0 saturated heterocycles. The molecule has 0 aliphatic heterocycles. The third-order valence-corrected chi connectivity index (χ3v) is 3.79. The molecule has 0 radical (unpaired) electrons. The van der Waals surface area contributed by atoms with Crippen LogP contribution in [0.1, 0.15) is 41.5 Å². The zero-order valence-corrected chi connectivity index (χ0v) is 12.2. The fourth-order valence-electron chi connectivity index (χ4n) is 2.47. The summed E-state index contributed by atoms with van der Waals surface area (Å²) < 4.78 is 0. The Morgan fingerprint density at radius 1 is 0.684 bits per heavy atom. The van der Waals surface area contributed by atoms with Crippen LogP contribution in [0.15, 0.2) is 48.5 Å². The van der Waals surface area contributed by atoms with E-state index in [0.29, 0.717) is 0 Å². The van der Waals surface area contributed by atoms with Gasteiger partial charge in [0.1, 0.15) is 0 Å². The number of unbranched alkanes of at least 4 members (excludes halogenated alkanes) is 2. The molecular formula is C19H24. The van der Waals surface area contributed by atoms with Crippen LogP contribution in [0.3, 0.4) is 0 Å². The lowest BCUT2D eigenvalue weighted by Crippen LogP contribution is -1.91. The van der Waals surface area contributed by atoms with E-state index >= 15 is 0 Å². The molecule has 0 N–H and O–H groups in total. The molecule has 0 aliphatic carbocycles. The molecule has 2 aromatic rings. The van der Waals surface area contributed by atoms with Crippen LogP contribution in [0.2, 0.25) is 0 Å². The molecule has 0 heterocycles. The summed E-state index contributed by atoms with van der Waals surface area (Å²) in [4.78, 5) is 0. The first-order valence-electron chi connectivity index (χ1n) is 7.36. The first-order valence-corrected chi connectivity index (χ1v) is 7.36. The summed E-state index contributed by atoms with van der Waals surface area (Å²) >= 11 is 0. The SMILES string of the molecule is Cc1ccc(CCCCCc2ccccc2C)cc1. The molecule has 2 rings (SSSR count). The maximum Gasteiger partial charge on any atom is -0.0276 e. The minimum absolute atomic E-state index is 1.22. The fourth-order valence-corrected chi connectivity index (χ4v) is 2.47. The minimum atomic E-state index is 1.22. The Hall–Kier alpha value is -1.56. The Labute approximate surface area is 117 Å². The van der Waals surface area contributed by atoms with Crippen LogP contribution in [0.4, 0.5) is 0 Å². The second-order valence-corrected chi connectivity index (χ2v) is 5.47. The molecule has 19 heavy (non-hydrogen) atoms. The number of aryl methyl sites for hydroxylation is 4. The molecule has 0 amide bonds. The van der Waals surface area contributed by atoms with Gasteiger partial charge < -0.3 is 0 Å². The van der Waals surface area contributed by atoms with Crippen LogP contribution in [0, 0.1) is 13.8 Å². The van der Waals surface area contributed by atoms with Crippen molar-refractivity contribution >= 4 is 0 Å². The van der Waals surface area contributed by atoms with Crippen molar-refractivity contribution in [1.29, 1.82) is 0 Å². The summed E-state index contributed by atoms with van der Waals surface area (Å²) in [5.41, 5.74) is 5.77. The molecule has 0 saturated carbocycles. The van der Waals surface area contributed by atoms with Crippen molar-refractivity contribution in [2.75, 3.05) is 0 Å². The van der Waals surface area contributed by atoms with Crippen molar-refractivity contribution in [2.24, 2.45) is 0 Å². The number of hydrogen-bond donors (Lipinski definition) is 0. The summed E-state index contributed by atoms with van der Waals surface area (Å²) in [6, 6.07) is 17.7. The molecule has 100 valence electrons. The Balaban J connectivity index is 1.67. The van der Waals surface area contributed by atoms with Gasteiger partial charge in [-0.25, -0.2) is 0 Å². The first-order chi connectivity index (χ1) is 9.25. The fraction of sp³-hybridized carbons (Fsp3) is 0.368. The van der Waals surface area contributed by atoms with Crippen LogP contribution in [-0.4, -0.2) is 0 Å². The second kappa shape index (κ2) is 7.13. The van der Waals surface area contributed by atoms with Gasteiger partial charge in [0, 0.05) is 0 Å². The third-order valence-electron chi connectivity index (χ3n) is 3.79. The number of benzene rings is 2. The molecular weight excluding hydrogens is 228 g/mol. The highest BCUT2D eigenvalue weighted by Gasteiger charge is 1.98. The van der Waals surface area contributed by atoms with E-state index in [1.54, 1.807) is 0 Å². The lowest BCUT2D eigenvalue weighted by Gasteiger charge is -2.05. The molecule has 0 atom stereocenters. The topological polar surface area (TPSA) is 0 Å². The molecule has 0 aliphatic rings. The van der Waals surface area contributed by atoms with Crippen LogP contribution in [-0.2, 0) is 12.8 Å². The Bertz CT molecular complexity index is 494. The van der Waals surface area contributed by atoms with E-state index in [-0.39, 0.29) is 0 Å². The highest BCUT2D eigenvalue weighted by Crippen LogP contribution is 2.13. The van der Waals surface area contributed by atoms with Crippen LogP contribution in [0.25, 0.3) is 0 Å². The molecule has 0 fully saturated rings. The van der Waals surface area contributed by atoms with Gasteiger partial charge in [0.2, 0.25) is 0 Å². The number of hydrogen-bond acceptors (Lipinski definition) is 0. The first kappa shape index (κ1) is 13.9. The quantitative estimate of drug-likeness (QED) is 0.615. The van der Waals surface area contributed by atoms with Gasteiger partial charge in [0.25, 0.3) is 0 Å². The summed E-state index contributed by atoms with van der Waals surface area (Å²) in [6.45, 7) is 4.35. The van der Waals surface area contributed by atoms with Crippen molar-refractivity contribution in [3.05, 3.63) is 70.8 Å². The van der Waals surface area contributed by atoms with E-state index in [1.807, 2.05) is 0 Å². The predicted octanol–water partition coefficient (Wildman–Crippen LogP) is 5.26. The molecule has 2 aromatic carbocycles. The van der Waals surface area contributed by atoms with Crippen LogP contribution < -0.4 is 0 Å². The van der Waals surface area contributed by atoms with Gasteiger partial charge in [0.15, 0.2) is 0 Å². The largest absolute Gasteiger partial charge is 0.0620 e. The summed E-state index contributed by atoms with van der Waals surface area (Å²) in [5, 5.41) is 0. The van der Waals surface area contributed by atoms with Crippen LogP contribution in [0.5, 0.6) is 0 Å². The lowest BCUT2D eigenvalue weighted by atomic mass is 10.0. The molecule has 0 nitrogen and oxygen atoms in total. The van der Waals surface area contributed by atoms with E-state index in [9.17, 15) is 0 Å². The van der Waals surface area contributed by atoms with E-state index in [4.69, 9.17) is 0 Å². The molecule has 0 spiro atoms. The Morgan fingerprint density at radius 3 is 2.11 bits per heavy atom. The predicted molar refractivity (Wildman–Crippen MR) is 83.6 cm³/mol.